The number of hydrogen-bond acceptors (Lipinski definition) is 5. The van der Waals surface area contributed by atoms with Crippen LogP contribution in [0.5, 0.6) is 0 Å². The molecule has 3 fully saturated rings. The summed E-state index contributed by atoms with van der Waals surface area (Å²) in [6, 6.07) is 14.8. The molecule has 0 aromatic heterocycles. The van der Waals surface area contributed by atoms with E-state index in [-0.39, 0.29) is 17.8 Å². The lowest BCUT2D eigenvalue weighted by Crippen LogP contribution is -2.36. The van der Waals surface area contributed by atoms with Crippen LogP contribution in [0.2, 0.25) is 0 Å². The van der Waals surface area contributed by atoms with Gasteiger partial charge in [-0.1, -0.05) is 24.3 Å². The Morgan fingerprint density at radius 1 is 1.12 bits per heavy atom. The molecular formula is C25H26FN3O2S. The van der Waals surface area contributed by atoms with Crippen LogP contribution in [0.3, 0.4) is 0 Å². The van der Waals surface area contributed by atoms with Crippen molar-refractivity contribution >= 4 is 40.3 Å². The lowest BCUT2D eigenvalue weighted by atomic mass is 10.1. The Morgan fingerprint density at radius 2 is 1.94 bits per heavy atom. The summed E-state index contributed by atoms with van der Waals surface area (Å²) in [5.41, 5.74) is 2.11. The van der Waals surface area contributed by atoms with Crippen LogP contribution in [-0.2, 0) is 9.53 Å². The number of amidine groups is 1. The zero-order valence-electron chi connectivity index (χ0n) is 17.9. The molecule has 0 spiro atoms. The zero-order chi connectivity index (χ0) is 21.9. The average molecular weight is 452 g/mol. The lowest BCUT2D eigenvalue weighted by Gasteiger charge is -2.19. The average Bonchev–Trinajstić information content (AvgIpc) is 3.55. The number of carbonyl (C=O) groups excluding carboxylic acids is 1. The van der Waals surface area contributed by atoms with Crippen molar-refractivity contribution in [3.05, 3.63) is 64.8 Å². The Kier molecular flexibility index (Phi) is 6.28. The van der Waals surface area contributed by atoms with E-state index in [9.17, 15) is 9.18 Å². The summed E-state index contributed by atoms with van der Waals surface area (Å²) >= 11 is 1.33. The van der Waals surface area contributed by atoms with Crippen molar-refractivity contribution in [2.75, 3.05) is 31.1 Å². The molecule has 2 aromatic rings. The highest BCUT2D eigenvalue weighted by atomic mass is 32.2. The van der Waals surface area contributed by atoms with Crippen molar-refractivity contribution in [1.82, 2.24) is 4.90 Å². The van der Waals surface area contributed by atoms with E-state index in [4.69, 9.17) is 9.73 Å². The van der Waals surface area contributed by atoms with E-state index in [1.165, 1.54) is 17.8 Å². The van der Waals surface area contributed by atoms with Gasteiger partial charge < -0.3 is 9.64 Å². The number of halogens is 1. The van der Waals surface area contributed by atoms with Gasteiger partial charge in [-0.2, -0.15) is 0 Å². The van der Waals surface area contributed by atoms with Crippen LogP contribution in [0, 0.1) is 5.82 Å². The second-order valence-corrected chi connectivity index (χ2v) is 9.31. The first-order valence-corrected chi connectivity index (χ1v) is 12.0. The topological polar surface area (TPSA) is 45.1 Å². The molecule has 166 valence electrons. The maximum atomic E-state index is 14.8. The summed E-state index contributed by atoms with van der Waals surface area (Å²) in [5, 5.41) is 0.636. The predicted octanol–water partition coefficient (Wildman–Crippen LogP) is 5.21. The third-order valence-corrected chi connectivity index (χ3v) is 7.00. The van der Waals surface area contributed by atoms with Crippen LogP contribution in [-0.4, -0.2) is 48.3 Å². The standard InChI is InChI=1S/C25H26FN3O2S/c26-21-15-18(10-11-22(21)28-12-4-5-13-28)16-23-24(30)29(17-20-9-6-14-31-20)25(32-23)27-19-7-2-1-3-8-19/h1-3,7-8,10-11,15-16,20H,4-6,9,12-14,17H2/b23-16-,27-25?/t20-/m0/s1. The molecule has 3 saturated heterocycles. The minimum Gasteiger partial charge on any atom is -0.376 e. The third-order valence-electron chi connectivity index (χ3n) is 6.00. The molecule has 0 aliphatic carbocycles. The molecule has 0 N–H and O–H groups in total. The fourth-order valence-electron chi connectivity index (χ4n) is 4.34. The maximum Gasteiger partial charge on any atom is 0.266 e. The number of anilines is 1. The number of nitrogens with zero attached hydrogens (tertiary/aromatic N) is 3. The Balaban J connectivity index is 1.42. The number of carbonyl (C=O) groups is 1. The molecule has 0 saturated carbocycles. The molecule has 0 radical (unpaired) electrons. The number of benzene rings is 2. The van der Waals surface area contributed by atoms with Gasteiger partial charge in [0, 0.05) is 19.7 Å². The number of para-hydroxylation sites is 1. The molecule has 1 amide bonds. The Hall–Kier alpha value is -2.64. The number of hydrogen-bond donors (Lipinski definition) is 0. The minimum absolute atomic E-state index is 0.0251. The van der Waals surface area contributed by atoms with Crippen molar-refractivity contribution in [3.63, 3.8) is 0 Å². The Bertz CT molecular complexity index is 1040. The lowest BCUT2D eigenvalue weighted by molar-refractivity contribution is -0.123. The highest BCUT2D eigenvalue weighted by molar-refractivity contribution is 8.18. The summed E-state index contributed by atoms with van der Waals surface area (Å²) in [4.78, 5) is 22.3. The van der Waals surface area contributed by atoms with Crippen LogP contribution in [0.15, 0.2) is 58.4 Å². The van der Waals surface area contributed by atoms with Crippen molar-refractivity contribution in [3.8, 4) is 0 Å². The highest BCUT2D eigenvalue weighted by Crippen LogP contribution is 2.35. The van der Waals surface area contributed by atoms with E-state index in [1.54, 1.807) is 11.0 Å². The Labute approximate surface area is 192 Å². The van der Waals surface area contributed by atoms with Gasteiger partial charge in [-0.15, -0.1) is 0 Å². The highest BCUT2D eigenvalue weighted by Gasteiger charge is 2.36. The summed E-state index contributed by atoms with van der Waals surface area (Å²) in [6.45, 7) is 3.00. The van der Waals surface area contributed by atoms with Gasteiger partial charge in [0.15, 0.2) is 5.17 Å². The monoisotopic (exact) mass is 451 g/mol. The van der Waals surface area contributed by atoms with Gasteiger partial charge in [-0.3, -0.25) is 9.69 Å². The quantitative estimate of drug-likeness (QED) is 0.586. The molecule has 7 heteroatoms. The van der Waals surface area contributed by atoms with Gasteiger partial charge in [0.2, 0.25) is 0 Å². The second kappa shape index (κ2) is 9.46. The zero-order valence-corrected chi connectivity index (χ0v) is 18.7. The van der Waals surface area contributed by atoms with Gasteiger partial charge in [-0.05, 0) is 73.4 Å². The first-order chi connectivity index (χ1) is 15.7. The number of thioether (sulfide) groups is 1. The first kappa shape index (κ1) is 21.2. The molecule has 3 heterocycles. The number of ether oxygens (including phenoxy) is 1. The number of amides is 1. The van der Waals surface area contributed by atoms with Crippen LogP contribution in [0.25, 0.3) is 6.08 Å². The molecule has 0 unspecified atom stereocenters. The van der Waals surface area contributed by atoms with Crippen molar-refractivity contribution in [2.45, 2.75) is 31.8 Å². The van der Waals surface area contributed by atoms with Crippen molar-refractivity contribution in [2.24, 2.45) is 4.99 Å². The fraction of sp³-hybridized carbons (Fsp3) is 0.360. The summed E-state index contributed by atoms with van der Waals surface area (Å²) in [7, 11) is 0. The number of rotatable bonds is 5. The predicted molar refractivity (Wildman–Crippen MR) is 128 cm³/mol. The SMILES string of the molecule is O=C1/C(=C/c2ccc(N3CCCC3)c(F)c2)SC(=Nc2ccccc2)N1C[C@@H]1CCCO1. The largest absolute Gasteiger partial charge is 0.376 e. The Morgan fingerprint density at radius 3 is 2.66 bits per heavy atom. The molecule has 32 heavy (non-hydrogen) atoms. The number of aliphatic imine (C=N–C) groups is 1. The van der Waals surface area contributed by atoms with E-state index in [1.807, 2.05) is 42.5 Å². The smallest absolute Gasteiger partial charge is 0.266 e. The van der Waals surface area contributed by atoms with E-state index in [2.05, 4.69) is 4.90 Å². The maximum absolute atomic E-state index is 14.8. The molecule has 1 atom stereocenters. The summed E-state index contributed by atoms with van der Waals surface area (Å²) in [6.07, 6.45) is 5.93. The summed E-state index contributed by atoms with van der Waals surface area (Å²) < 4.78 is 20.5. The van der Waals surface area contributed by atoms with E-state index >= 15 is 0 Å². The van der Waals surface area contributed by atoms with E-state index in [0.717, 1.165) is 51.1 Å². The van der Waals surface area contributed by atoms with E-state index in [0.29, 0.717) is 27.9 Å². The first-order valence-electron chi connectivity index (χ1n) is 11.2. The molecular weight excluding hydrogens is 425 g/mol. The van der Waals surface area contributed by atoms with Gasteiger partial charge >= 0.3 is 0 Å². The summed E-state index contributed by atoms with van der Waals surface area (Å²) in [5.74, 6) is -0.352. The van der Waals surface area contributed by atoms with Crippen molar-refractivity contribution in [1.29, 1.82) is 0 Å². The minimum atomic E-state index is -0.244. The molecule has 5 rings (SSSR count). The van der Waals surface area contributed by atoms with Gasteiger partial charge in [0.05, 0.1) is 28.9 Å². The second-order valence-electron chi connectivity index (χ2n) is 8.30. The van der Waals surface area contributed by atoms with E-state index < -0.39 is 0 Å². The molecule has 5 nitrogen and oxygen atoms in total. The molecule has 3 aliphatic heterocycles. The van der Waals surface area contributed by atoms with Crippen LogP contribution in [0.1, 0.15) is 31.2 Å². The van der Waals surface area contributed by atoms with Crippen molar-refractivity contribution < 1.29 is 13.9 Å². The molecule has 0 bridgehead atoms. The fourth-order valence-corrected chi connectivity index (χ4v) is 5.34. The van der Waals surface area contributed by atoms with Crippen LogP contribution in [0.4, 0.5) is 15.8 Å². The molecule has 3 aliphatic rings. The van der Waals surface area contributed by atoms with Crippen LogP contribution < -0.4 is 4.90 Å². The molecule has 2 aromatic carbocycles. The van der Waals surface area contributed by atoms with Gasteiger partial charge in [0.1, 0.15) is 5.82 Å². The van der Waals surface area contributed by atoms with Crippen LogP contribution >= 0.6 is 11.8 Å². The van der Waals surface area contributed by atoms with Gasteiger partial charge in [0.25, 0.3) is 5.91 Å². The van der Waals surface area contributed by atoms with Gasteiger partial charge in [-0.25, -0.2) is 9.38 Å². The normalized spacial score (nSPS) is 23.8. The third kappa shape index (κ3) is 4.59.